The van der Waals surface area contributed by atoms with E-state index in [1.54, 1.807) is 0 Å². The third kappa shape index (κ3) is 1.53. The monoisotopic (exact) mass is 205 g/mol. The molecule has 1 aliphatic carbocycles. The Morgan fingerprint density at radius 2 is 2.25 bits per heavy atom. The van der Waals surface area contributed by atoms with E-state index in [2.05, 4.69) is 14.1 Å². The standard InChI is InChI=1S/C6H8ClN3OS/c7-5-6(10-12-9-5)8-3-1-4(11)2-3/h3-4,11H,1-2H2,(H,8,10). The van der Waals surface area contributed by atoms with Crippen LogP contribution in [-0.2, 0) is 0 Å². The summed E-state index contributed by atoms with van der Waals surface area (Å²) in [5.74, 6) is 0.638. The lowest BCUT2D eigenvalue weighted by atomic mass is 9.90. The zero-order valence-electron chi connectivity index (χ0n) is 6.20. The fraction of sp³-hybridized carbons (Fsp3) is 0.667. The Hall–Kier alpha value is -0.390. The van der Waals surface area contributed by atoms with Gasteiger partial charge >= 0.3 is 0 Å². The van der Waals surface area contributed by atoms with Gasteiger partial charge in [-0.3, -0.25) is 0 Å². The van der Waals surface area contributed by atoms with Crippen LogP contribution in [0.15, 0.2) is 0 Å². The van der Waals surface area contributed by atoms with Crippen molar-refractivity contribution in [2.24, 2.45) is 0 Å². The lowest BCUT2D eigenvalue weighted by Gasteiger charge is -2.31. The van der Waals surface area contributed by atoms with E-state index in [9.17, 15) is 0 Å². The van der Waals surface area contributed by atoms with Crippen LogP contribution in [0, 0.1) is 0 Å². The molecule has 1 saturated carbocycles. The molecule has 0 amide bonds. The Labute approximate surface area is 78.9 Å². The van der Waals surface area contributed by atoms with Gasteiger partial charge in [0, 0.05) is 6.04 Å². The minimum Gasteiger partial charge on any atom is -0.393 e. The molecule has 0 aliphatic heterocycles. The van der Waals surface area contributed by atoms with Crippen LogP contribution in [-0.4, -0.2) is 26.0 Å². The van der Waals surface area contributed by atoms with Crippen LogP contribution in [0.3, 0.4) is 0 Å². The molecule has 0 saturated heterocycles. The van der Waals surface area contributed by atoms with Gasteiger partial charge in [0.15, 0.2) is 11.0 Å². The van der Waals surface area contributed by atoms with Gasteiger partial charge in [0.05, 0.1) is 17.8 Å². The maximum atomic E-state index is 9.01. The molecule has 0 bridgehead atoms. The Kier molecular flexibility index (Phi) is 2.16. The Morgan fingerprint density at radius 1 is 1.50 bits per heavy atom. The molecule has 1 aromatic rings. The van der Waals surface area contributed by atoms with Gasteiger partial charge in [0.25, 0.3) is 0 Å². The molecule has 0 spiro atoms. The van der Waals surface area contributed by atoms with Gasteiger partial charge < -0.3 is 10.4 Å². The summed E-state index contributed by atoms with van der Waals surface area (Å²) in [4.78, 5) is 0. The van der Waals surface area contributed by atoms with Crippen LogP contribution < -0.4 is 5.32 Å². The average molecular weight is 206 g/mol. The van der Waals surface area contributed by atoms with Crippen LogP contribution in [0.2, 0.25) is 5.15 Å². The van der Waals surface area contributed by atoms with Gasteiger partial charge in [0.2, 0.25) is 0 Å². The maximum Gasteiger partial charge on any atom is 0.186 e. The minimum atomic E-state index is -0.159. The number of aliphatic hydroxyl groups excluding tert-OH is 1. The van der Waals surface area contributed by atoms with E-state index in [1.165, 1.54) is 0 Å². The quantitative estimate of drug-likeness (QED) is 0.760. The molecule has 1 heterocycles. The number of aliphatic hydroxyl groups is 1. The molecule has 6 heteroatoms. The summed E-state index contributed by atoms with van der Waals surface area (Å²) in [5, 5.41) is 12.5. The summed E-state index contributed by atoms with van der Waals surface area (Å²) in [5.41, 5.74) is 0. The first-order valence-electron chi connectivity index (χ1n) is 3.68. The largest absolute Gasteiger partial charge is 0.393 e. The zero-order valence-corrected chi connectivity index (χ0v) is 7.77. The van der Waals surface area contributed by atoms with Gasteiger partial charge in [-0.1, -0.05) is 11.6 Å². The summed E-state index contributed by atoms with van der Waals surface area (Å²) in [6.45, 7) is 0. The number of nitrogens with one attached hydrogen (secondary N) is 1. The highest BCUT2D eigenvalue weighted by molar-refractivity contribution is 6.99. The third-order valence-electron chi connectivity index (χ3n) is 1.90. The van der Waals surface area contributed by atoms with E-state index in [4.69, 9.17) is 16.7 Å². The SMILES string of the molecule is OC1CC(Nc2nsnc2Cl)C1. The number of halogens is 1. The van der Waals surface area contributed by atoms with Gasteiger partial charge in [0.1, 0.15) is 0 Å². The van der Waals surface area contributed by atoms with E-state index in [1.807, 2.05) is 0 Å². The topological polar surface area (TPSA) is 58.0 Å². The molecule has 1 aromatic heterocycles. The van der Waals surface area contributed by atoms with Crippen LogP contribution in [0.1, 0.15) is 12.8 Å². The number of nitrogens with zero attached hydrogens (tertiary/aromatic N) is 2. The zero-order chi connectivity index (χ0) is 8.55. The molecule has 0 atom stereocenters. The number of rotatable bonds is 2. The van der Waals surface area contributed by atoms with Gasteiger partial charge in [-0.2, -0.15) is 8.75 Å². The highest BCUT2D eigenvalue weighted by Crippen LogP contribution is 2.26. The smallest absolute Gasteiger partial charge is 0.186 e. The summed E-state index contributed by atoms with van der Waals surface area (Å²) in [6, 6.07) is 0.307. The van der Waals surface area contributed by atoms with Crippen molar-refractivity contribution in [2.45, 2.75) is 25.0 Å². The number of hydrogen-bond acceptors (Lipinski definition) is 5. The third-order valence-corrected chi connectivity index (χ3v) is 2.79. The van der Waals surface area contributed by atoms with Gasteiger partial charge in [-0.15, -0.1) is 0 Å². The van der Waals surface area contributed by atoms with Crippen molar-refractivity contribution in [2.75, 3.05) is 5.32 Å². The molecule has 1 fully saturated rings. The number of hydrogen-bond donors (Lipinski definition) is 2. The van der Waals surface area contributed by atoms with Crippen molar-refractivity contribution < 1.29 is 5.11 Å². The van der Waals surface area contributed by atoms with E-state index in [0.29, 0.717) is 17.0 Å². The predicted octanol–water partition coefficient (Wildman–Crippen LogP) is 1.13. The first-order valence-corrected chi connectivity index (χ1v) is 4.79. The van der Waals surface area contributed by atoms with Crippen molar-refractivity contribution in [3.8, 4) is 0 Å². The van der Waals surface area contributed by atoms with Crippen molar-refractivity contribution in [3.63, 3.8) is 0 Å². The maximum absolute atomic E-state index is 9.01. The fourth-order valence-corrected chi connectivity index (χ4v) is 1.82. The molecule has 0 aromatic carbocycles. The second kappa shape index (κ2) is 3.16. The molecule has 0 unspecified atom stereocenters. The molecule has 4 nitrogen and oxygen atoms in total. The Bertz CT molecular complexity index is 274. The lowest BCUT2D eigenvalue weighted by Crippen LogP contribution is -2.39. The molecule has 0 radical (unpaired) electrons. The lowest BCUT2D eigenvalue weighted by molar-refractivity contribution is 0.0835. The second-order valence-electron chi connectivity index (χ2n) is 2.87. The highest BCUT2D eigenvalue weighted by atomic mass is 35.5. The average Bonchev–Trinajstić information content (AvgIpc) is 2.33. The molecule has 2 rings (SSSR count). The van der Waals surface area contributed by atoms with Gasteiger partial charge in [-0.25, -0.2) is 0 Å². The van der Waals surface area contributed by atoms with Crippen LogP contribution in [0.25, 0.3) is 0 Å². The van der Waals surface area contributed by atoms with Crippen LogP contribution >= 0.6 is 23.3 Å². The normalized spacial score (nSPS) is 28.2. The number of aromatic nitrogens is 2. The van der Waals surface area contributed by atoms with Crippen molar-refractivity contribution in [3.05, 3.63) is 5.15 Å². The first kappa shape index (κ1) is 8.22. The molecular formula is C6H8ClN3OS. The van der Waals surface area contributed by atoms with E-state index >= 15 is 0 Å². The van der Waals surface area contributed by atoms with E-state index in [0.717, 1.165) is 24.6 Å². The molecule has 1 aliphatic rings. The summed E-state index contributed by atoms with van der Waals surface area (Å²) in [7, 11) is 0. The van der Waals surface area contributed by atoms with E-state index in [-0.39, 0.29) is 6.10 Å². The minimum absolute atomic E-state index is 0.159. The van der Waals surface area contributed by atoms with Crippen molar-refractivity contribution in [1.29, 1.82) is 0 Å². The molecule has 2 N–H and O–H groups in total. The van der Waals surface area contributed by atoms with E-state index < -0.39 is 0 Å². The Morgan fingerprint density at radius 3 is 2.75 bits per heavy atom. The second-order valence-corrected chi connectivity index (χ2v) is 3.76. The Balaban J connectivity index is 1.92. The predicted molar refractivity (Wildman–Crippen MR) is 47.6 cm³/mol. The molecular weight excluding hydrogens is 198 g/mol. The molecule has 66 valence electrons. The molecule has 12 heavy (non-hydrogen) atoms. The number of anilines is 1. The van der Waals surface area contributed by atoms with Crippen LogP contribution in [0.4, 0.5) is 5.82 Å². The summed E-state index contributed by atoms with van der Waals surface area (Å²) >= 11 is 6.80. The summed E-state index contributed by atoms with van der Waals surface area (Å²) in [6.07, 6.45) is 1.38. The van der Waals surface area contributed by atoms with Gasteiger partial charge in [-0.05, 0) is 12.8 Å². The first-order chi connectivity index (χ1) is 5.75. The van der Waals surface area contributed by atoms with Crippen molar-refractivity contribution >= 4 is 29.1 Å². The fourth-order valence-electron chi connectivity index (χ4n) is 1.16. The summed E-state index contributed by atoms with van der Waals surface area (Å²) < 4.78 is 7.79. The highest BCUT2D eigenvalue weighted by Gasteiger charge is 2.28. The van der Waals surface area contributed by atoms with Crippen LogP contribution in [0.5, 0.6) is 0 Å². The van der Waals surface area contributed by atoms with Crippen molar-refractivity contribution in [1.82, 2.24) is 8.75 Å².